The number of hydrogen-bond donors (Lipinski definition) is 0. The molecule has 1 aromatic carbocycles. The highest BCUT2D eigenvalue weighted by molar-refractivity contribution is 6.31. The van der Waals surface area contributed by atoms with Crippen LogP contribution in [-0.2, 0) is 15.7 Å². The molecule has 2 aromatic rings. The van der Waals surface area contributed by atoms with Gasteiger partial charge in [-0.1, -0.05) is 6.07 Å². The van der Waals surface area contributed by atoms with Gasteiger partial charge >= 0.3 is 17.5 Å². The molecule has 0 aliphatic heterocycles. The highest BCUT2D eigenvalue weighted by Crippen LogP contribution is 2.31. The molecule has 30 heavy (non-hydrogen) atoms. The average molecular weight is 449 g/mol. The number of hydrogen-bond acceptors (Lipinski definition) is 5. The summed E-state index contributed by atoms with van der Waals surface area (Å²) in [5.74, 6) is -1.65. The second-order valence-electron chi connectivity index (χ2n) is 6.83. The third-order valence-electron chi connectivity index (χ3n) is 4.65. The lowest BCUT2D eigenvalue weighted by molar-refractivity contribution is -0.171. The maximum Gasteiger partial charge on any atom is 0.426 e. The molecule has 11 heteroatoms. The molecular formula is C19H17ClF4N2O4. The van der Waals surface area contributed by atoms with Gasteiger partial charge in [0.25, 0.3) is 5.56 Å². The summed E-state index contributed by atoms with van der Waals surface area (Å²) >= 11 is 5.55. The van der Waals surface area contributed by atoms with Crippen molar-refractivity contribution in [3.8, 4) is 11.4 Å². The number of rotatable bonds is 5. The van der Waals surface area contributed by atoms with Crippen LogP contribution in [0.3, 0.4) is 0 Å². The summed E-state index contributed by atoms with van der Waals surface area (Å²) in [7, 11) is 0. The Labute approximate surface area is 173 Å². The highest BCUT2D eigenvalue weighted by Gasteiger charge is 2.43. The first-order valence-electron chi connectivity index (χ1n) is 9.03. The third-order valence-corrected chi connectivity index (χ3v) is 4.88. The molecule has 0 radical (unpaired) electrons. The number of esters is 1. The van der Waals surface area contributed by atoms with Gasteiger partial charge in [-0.3, -0.25) is 4.79 Å². The Morgan fingerprint density at radius 1 is 1.23 bits per heavy atom. The van der Waals surface area contributed by atoms with Gasteiger partial charge in [-0.2, -0.15) is 27.3 Å². The van der Waals surface area contributed by atoms with E-state index in [1.54, 1.807) is 0 Å². The van der Waals surface area contributed by atoms with Crippen LogP contribution >= 0.6 is 11.6 Å². The van der Waals surface area contributed by atoms with E-state index in [1.807, 2.05) is 0 Å². The predicted molar refractivity (Wildman–Crippen MR) is 98.2 cm³/mol. The van der Waals surface area contributed by atoms with Crippen LogP contribution in [0.15, 0.2) is 35.3 Å². The first kappa shape index (κ1) is 22.1. The van der Waals surface area contributed by atoms with Gasteiger partial charge in [-0.05, 0) is 56.3 Å². The van der Waals surface area contributed by atoms with Crippen LogP contribution in [0.5, 0.6) is 5.75 Å². The minimum absolute atomic E-state index is 0.00838. The van der Waals surface area contributed by atoms with E-state index in [4.69, 9.17) is 21.1 Å². The van der Waals surface area contributed by atoms with Crippen molar-refractivity contribution in [3.05, 3.63) is 51.9 Å². The van der Waals surface area contributed by atoms with Gasteiger partial charge in [0.15, 0.2) is 0 Å². The molecule has 162 valence electrons. The summed E-state index contributed by atoms with van der Waals surface area (Å²) in [6.07, 6.45) is -1.71. The first-order valence-corrected chi connectivity index (χ1v) is 9.41. The summed E-state index contributed by atoms with van der Waals surface area (Å²) in [4.78, 5) is 24.3. The number of alkyl halides is 5. The van der Waals surface area contributed by atoms with Crippen molar-refractivity contribution in [2.24, 2.45) is 0 Å². The molecule has 6 nitrogen and oxygen atoms in total. The van der Waals surface area contributed by atoms with Gasteiger partial charge in [0.1, 0.15) is 11.9 Å². The normalized spacial score (nSPS) is 16.9. The summed E-state index contributed by atoms with van der Waals surface area (Å²) in [6, 6.07) is 5.05. The molecular weight excluding hydrogens is 432 g/mol. The molecule has 1 aromatic heterocycles. The topological polar surface area (TPSA) is 70.4 Å². The zero-order valence-electron chi connectivity index (χ0n) is 15.7. The fourth-order valence-electron chi connectivity index (χ4n) is 3.10. The number of carbonyl (C=O) groups is 1. The van der Waals surface area contributed by atoms with E-state index >= 15 is 0 Å². The largest absolute Gasteiger partial charge is 0.456 e. The lowest BCUT2D eigenvalue weighted by Gasteiger charge is -2.21. The lowest BCUT2D eigenvalue weighted by atomic mass is 10.2. The highest BCUT2D eigenvalue weighted by atomic mass is 35.5. The zero-order valence-corrected chi connectivity index (χ0v) is 16.5. The van der Waals surface area contributed by atoms with E-state index in [0.717, 1.165) is 25.8 Å². The SMILES string of the molecule is Cc1c(C(F)(F)F)cnn(-c2cccc(OC(F)(Cl)C(=O)OC3CCCC3)c2)c1=O. The summed E-state index contributed by atoms with van der Waals surface area (Å²) < 4.78 is 63.9. The molecule has 0 saturated heterocycles. The maximum absolute atomic E-state index is 14.5. The fourth-order valence-corrected chi connectivity index (χ4v) is 3.24. The molecule has 1 fully saturated rings. The monoisotopic (exact) mass is 448 g/mol. The quantitative estimate of drug-likeness (QED) is 0.388. The molecule has 0 N–H and O–H groups in total. The molecule has 0 amide bonds. The zero-order chi connectivity index (χ0) is 22.1. The van der Waals surface area contributed by atoms with Gasteiger partial charge in [-0.25, -0.2) is 4.79 Å². The molecule has 1 atom stereocenters. The Bertz CT molecular complexity index is 1000. The van der Waals surface area contributed by atoms with Gasteiger partial charge < -0.3 is 9.47 Å². The molecule has 0 spiro atoms. The maximum atomic E-state index is 14.5. The van der Waals surface area contributed by atoms with Crippen molar-refractivity contribution in [1.29, 1.82) is 0 Å². The Kier molecular flexibility index (Phi) is 6.07. The van der Waals surface area contributed by atoms with Crippen molar-refractivity contribution in [2.45, 2.75) is 50.2 Å². The number of aromatic nitrogens is 2. The van der Waals surface area contributed by atoms with Crippen molar-refractivity contribution in [1.82, 2.24) is 9.78 Å². The Morgan fingerprint density at radius 2 is 1.90 bits per heavy atom. The molecule has 1 unspecified atom stereocenters. The Hall–Kier alpha value is -2.62. The number of ether oxygens (including phenoxy) is 2. The van der Waals surface area contributed by atoms with Crippen LogP contribution < -0.4 is 10.3 Å². The molecule has 1 aliphatic rings. The minimum atomic E-state index is -4.73. The minimum Gasteiger partial charge on any atom is -0.456 e. The first-order chi connectivity index (χ1) is 14.0. The van der Waals surface area contributed by atoms with Crippen LogP contribution in [0.25, 0.3) is 5.69 Å². The van der Waals surface area contributed by atoms with Crippen LogP contribution in [0.4, 0.5) is 17.6 Å². The van der Waals surface area contributed by atoms with Crippen molar-refractivity contribution in [3.63, 3.8) is 0 Å². The lowest BCUT2D eigenvalue weighted by Crippen LogP contribution is -2.37. The number of halogens is 5. The molecule has 0 bridgehead atoms. The van der Waals surface area contributed by atoms with Crippen LogP contribution in [0.2, 0.25) is 0 Å². The Morgan fingerprint density at radius 3 is 2.53 bits per heavy atom. The second kappa shape index (κ2) is 8.25. The van der Waals surface area contributed by atoms with E-state index in [2.05, 4.69) is 5.10 Å². The molecule has 1 heterocycles. The number of carbonyl (C=O) groups excluding carboxylic acids is 1. The van der Waals surface area contributed by atoms with Crippen LogP contribution in [-0.4, -0.2) is 27.2 Å². The van der Waals surface area contributed by atoms with Gasteiger partial charge in [0.2, 0.25) is 0 Å². The van der Waals surface area contributed by atoms with Crippen molar-refractivity contribution >= 4 is 17.6 Å². The smallest absolute Gasteiger partial charge is 0.426 e. The van der Waals surface area contributed by atoms with Crippen molar-refractivity contribution in [2.75, 3.05) is 0 Å². The summed E-state index contributed by atoms with van der Waals surface area (Å²) in [5.41, 5.74) is -2.73. The van der Waals surface area contributed by atoms with Crippen LogP contribution in [0, 0.1) is 6.92 Å². The second-order valence-corrected chi connectivity index (χ2v) is 7.31. The number of nitrogens with zero attached hydrogens (tertiary/aromatic N) is 2. The fraction of sp³-hybridized carbons (Fsp3) is 0.421. The number of benzene rings is 1. The summed E-state index contributed by atoms with van der Waals surface area (Å²) in [6.45, 7) is 1.02. The van der Waals surface area contributed by atoms with E-state index in [0.29, 0.717) is 23.7 Å². The van der Waals surface area contributed by atoms with Crippen molar-refractivity contribution < 1.29 is 31.8 Å². The average Bonchev–Trinajstić information content (AvgIpc) is 3.15. The van der Waals surface area contributed by atoms with Gasteiger partial charge in [-0.15, -0.1) is 0 Å². The standard InChI is InChI=1S/C19H17ClF4N2O4/c1-11-15(19(22,23)24)10-25-26(16(11)27)12-5-4-8-14(9-12)30-18(20,21)17(28)29-13-6-2-3-7-13/h4-5,8-10,13H,2-3,6-7H2,1H3. The van der Waals surface area contributed by atoms with E-state index in [-0.39, 0.29) is 11.4 Å². The van der Waals surface area contributed by atoms with Crippen LogP contribution in [0.1, 0.15) is 36.8 Å². The van der Waals surface area contributed by atoms with E-state index in [1.165, 1.54) is 18.2 Å². The Balaban J connectivity index is 1.83. The molecule has 3 rings (SSSR count). The van der Waals surface area contributed by atoms with E-state index in [9.17, 15) is 27.2 Å². The van der Waals surface area contributed by atoms with Gasteiger partial charge in [0.05, 0.1) is 17.4 Å². The summed E-state index contributed by atoms with van der Waals surface area (Å²) in [5, 5.41) is 0.217. The predicted octanol–water partition coefficient (Wildman–Crippen LogP) is 4.29. The molecule has 1 saturated carbocycles. The van der Waals surface area contributed by atoms with Gasteiger partial charge in [0, 0.05) is 11.6 Å². The third kappa shape index (κ3) is 4.75. The van der Waals surface area contributed by atoms with E-state index < -0.39 is 40.2 Å². The molecule has 1 aliphatic carbocycles.